The van der Waals surface area contributed by atoms with Gasteiger partial charge in [0.2, 0.25) is 5.75 Å². The summed E-state index contributed by atoms with van der Waals surface area (Å²) in [7, 11) is 0. The standard InChI is InChI=1S/C14H10N2O9/c17-10-3-1-7(5-9(10)13(19)23-22)15-16-8-2-4-11(18)12(6-8)24-25-14(20)21/h1-6,17-18,22H,(H,20,21)/b16-15+. The first-order valence-corrected chi connectivity index (χ1v) is 6.41. The van der Waals surface area contributed by atoms with E-state index in [4.69, 9.17) is 10.4 Å². The van der Waals surface area contributed by atoms with Gasteiger partial charge in [-0.2, -0.15) is 15.5 Å². The smallest absolute Gasteiger partial charge is 0.507 e. The van der Waals surface area contributed by atoms with Crippen LogP contribution in [0.5, 0.6) is 17.2 Å². The van der Waals surface area contributed by atoms with E-state index in [0.29, 0.717) is 0 Å². The number of nitrogens with zero attached hydrogens (tertiary/aromatic N) is 2. The quantitative estimate of drug-likeness (QED) is 0.359. The molecule has 0 saturated carbocycles. The minimum absolute atomic E-state index is 0.135. The van der Waals surface area contributed by atoms with Crippen LogP contribution in [0, 0.1) is 0 Å². The largest absolute Gasteiger partial charge is 0.547 e. The summed E-state index contributed by atoms with van der Waals surface area (Å²) in [5.74, 6) is -2.31. The van der Waals surface area contributed by atoms with Crippen molar-refractivity contribution >= 4 is 23.5 Å². The van der Waals surface area contributed by atoms with Crippen molar-refractivity contribution in [3.8, 4) is 17.2 Å². The zero-order chi connectivity index (χ0) is 18.4. The van der Waals surface area contributed by atoms with Gasteiger partial charge in [0, 0.05) is 6.07 Å². The number of aromatic hydroxyl groups is 2. The molecule has 0 aliphatic carbocycles. The van der Waals surface area contributed by atoms with Gasteiger partial charge >= 0.3 is 12.1 Å². The van der Waals surface area contributed by atoms with Gasteiger partial charge < -0.3 is 15.3 Å². The molecule has 130 valence electrons. The molecule has 0 aliphatic rings. The summed E-state index contributed by atoms with van der Waals surface area (Å²) in [6.45, 7) is 0. The fourth-order valence-electron chi connectivity index (χ4n) is 1.63. The highest BCUT2D eigenvalue weighted by Crippen LogP contribution is 2.32. The second-order valence-electron chi connectivity index (χ2n) is 4.36. The van der Waals surface area contributed by atoms with Crippen LogP contribution in [0.4, 0.5) is 16.2 Å². The molecule has 0 saturated heterocycles. The van der Waals surface area contributed by atoms with Crippen LogP contribution >= 0.6 is 0 Å². The zero-order valence-corrected chi connectivity index (χ0v) is 12.2. The van der Waals surface area contributed by atoms with Crippen molar-refractivity contribution < 1.29 is 44.8 Å². The van der Waals surface area contributed by atoms with Gasteiger partial charge in [0.1, 0.15) is 11.3 Å². The Kier molecular flexibility index (Phi) is 5.32. The van der Waals surface area contributed by atoms with E-state index in [2.05, 4.69) is 24.9 Å². The Balaban J connectivity index is 2.23. The van der Waals surface area contributed by atoms with Gasteiger partial charge in [0.05, 0.1) is 11.4 Å². The van der Waals surface area contributed by atoms with E-state index in [9.17, 15) is 19.8 Å². The molecular formula is C14H10N2O9. The predicted molar refractivity (Wildman–Crippen MR) is 78.2 cm³/mol. The van der Waals surface area contributed by atoms with Crippen LogP contribution in [-0.4, -0.2) is 32.7 Å². The molecule has 2 rings (SSSR count). The maximum absolute atomic E-state index is 11.3. The van der Waals surface area contributed by atoms with Crippen molar-refractivity contribution in [3.05, 3.63) is 42.0 Å². The first kappa shape index (κ1) is 17.5. The molecule has 25 heavy (non-hydrogen) atoms. The molecule has 0 amide bonds. The monoisotopic (exact) mass is 350 g/mol. The minimum Gasteiger partial charge on any atom is -0.507 e. The lowest BCUT2D eigenvalue weighted by molar-refractivity contribution is -0.182. The number of rotatable bonds is 5. The normalized spacial score (nSPS) is 10.4. The van der Waals surface area contributed by atoms with Crippen molar-refractivity contribution in [2.45, 2.75) is 0 Å². The van der Waals surface area contributed by atoms with Crippen molar-refractivity contribution in [3.63, 3.8) is 0 Å². The summed E-state index contributed by atoms with van der Waals surface area (Å²) < 4.78 is 0. The Hall–Kier alpha value is -3.86. The lowest BCUT2D eigenvalue weighted by Gasteiger charge is -2.04. The molecule has 0 fully saturated rings. The summed E-state index contributed by atoms with van der Waals surface area (Å²) in [5, 5.41) is 43.3. The van der Waals surface area contributed by atoms with E-state index in [1.54, 1.807) is 0 Å². The molecule has 11 heteroatoms. The molecule has 0 aliphatic heterocycles. The SMILES string of the molecule is O=C(O)OOc1cc(/N=N/c2ccc(O)c(C(=O)OO)c2)ccc1O. The van der Waals surface area contributed by atoms with E-state index in [1.165, 1.54) is 18.2 Å². The maximum atomic E-state index is 11.3. The van der Waals surface area contributed by atoms with Gasteiger partial charge in [-0.25, -0.2) is 14.5 Å². The van der Waals surface area contributed by atoms with E-state index < -0.39 is 23.6 Å². The highest BCUT2D eigenvalue weighted by molar-refractivity contribution is 5.92. The Morgan fingerprint density at radius 3 is 2.12 bits per heavy atom. The van der Waals surface area contributed by atoms with Crippen LogP contribution in [0.15, 0.2) is 46.6 Å². The number of benzene rings is 2. The summed E-state index contributed by atoms with van der Waals surface area (Å²) in [5.41, 5.74) is -0.0415. The van der Waals surface area contributed by atoms with Crippen molar-refractivity contribution in [1.29, 1.82) is 0 Å². The zero-order valence-electron chi connectivity index (χ0n) is 12.2. The number of hydrogen-bond acceptors (Lipinski definition) is 10. The number of hydrogen-bond donors (Lipinski definition) is 4. The molecule has 2 aromatic carbocycles. The Morgan fingerprint density at radius 1 is 0.920 bits per heavy atom. The minimum atomic E-state index is -1.71. The fraction of sp³-hybridized carbons (Fsp3) is 0. The van der Waals surface area contributed by atoms with Gasteiger partial charge in [-0.3, -0.25) is 9.78 Å². The van der Waals surface area contributed by atoms with Gasteiger partial charge in [0.25, 0.3) is 0 Å². The van der Waals surface area contributed by atoms with Crippen LogP contribution in [0.3, 0.4) is 0 Å². The van der Waals surface area contributed by atoms with Gasteiger partial charge in [-0.15, -0.1) is 0 Å². The van der Waals surface area contributed by atoms with Crippen LogP contribution in [0.1, 0.15) is 10.4 Å². The summed E-state index contributed by atoms with van der Waals surface area (Å²) in [6.07, 6.45) is -1.71. The molecule has 0 spiro atoms. The van der Waals surface area contributed by atoms with Gasteiger partial charge in [0.15, 0.2) is 5.75 Å². The van der Waals surface area contributed by atoms with Crippen molar-refractivity contribution in [2.24, 2.45) is 10.2 Å². The topological polar surface area (TPSA) is 167 Å². The number of carbonyl (C=O) groups excluding carboxylic acids is 1. The summed E-state index contributed by atoms with van der Waals surface area (Å²) in [6, 6.07) is 7.24. The lowest BCUT2D eigenvalue weighted by Crippen LogP contribution is -2.03. The number of carboxylic acid groups (broad SMARTS) is 1. The fourth-order valence-corrected chi connectivity index (χ4v) is 1.63. The molecule has 0 bridgehead atoms. The van der Waals surface area contributed by atoms with E-state index in [1.807, 2.05) is 0 Å². The number of azo groups is 1. The number of carbonyl (C=O) groups is 2. The third kappa shape index (κ3) is 4.56. The van der Waals surface area contributed by atoms with Gasteiger partial charge in [-0.1, -0.05) is 0 Å². The first-order valence-electron chi connectivity index (χ1n) is 6.41. The second-order valence-corrected chi connectivity index (χ2v) is 4.36. The summed E-state index contributed by atoms with van der Waals surface area (Å²) in [4.78, 5) is 33.3. The third-order valence-electron chi connectivity index (χ3n) is 2.71. The Bertz CT molecular complexity index is 835. The van der Waals surface area contributed by atoms with Crippen molar-refractivity contribution in [2.75, 3.05) is 0 Å². The number of phenolic OH excluding ortho intramolecular Hbond substituents is 2. The van der Waals surface area contributed by atoms with Crippen molar-refractivity contribution in [1.82, 2.24) is 0 Å². The Morgan fingerprint density at radius 2 is 1.52 bits per heavy atom. The molecule has 0 radical (unpaired) electrons. The molecule has 4 N–H and O–H groups in total. The first-order chi connectivity index (χ1) is 11.9. The maximum Gasteiger partial charge on any atom is 0.547 e. The van der Waals surface area contributed by atoms with E-state index in [-0.39, 0.29) is 22.7 Å². The lowest BCUT2D eigenvalue weighted by atomic mass is 10.2. The van der Waals surface area contributed by atoms with Gasteiger partial charge in [-0.05, 0) is 30.3 Å². The predicted octanol–water partition coefficient (Wildman–Crippen LogP) is 3.13. The molecular weight excluding hydrogens is 340 g/mol. The molecule has 0 atom stereocenters. The molecule has 2 aromatic rings. The van der Waals surface area contributed by atoms with E-state index >= 15 is 0 Å². The van der Waals surface area contributed by atoms with Crippen LogP contribution in [-0.2, 0) is 9.78 Å². The molecule has 0 heterocycles. The second kappa shape index (κ2) is 7.61. The average molecular weight is 350 g/mol. The molecule has 11 nitrogen and oxygen atoms in total. The third-order valence-corrected chi connectivity index (χ3v) is 2.71. The highest BCUT2D eigenvalue weighted by atomic mass is 17.2. The average Bonchev–Trinajstić information content (AvgIpc) is 2.60. The van der Waals surface area contributed by atoms with Crippen LogP contribution < -0.4 is 4.89 Å². The highest BCUT2D eigenvalue weighted by Gasteiger charge is 2.13. The number of phenols is 2. The molecule has 0 unspecified atom stereocenters. The Labute approximate surface area is 138 Å². The van der Waals surface area contributed by atoms with Crippen LogP contribution in [0.25, 0.3) is 0 Å². The van der Waals surface area contributed by atoms with Crippen LogP contribution in [0.2, 0.25) is 0 Å². The summed E-state index contributed by atoms with van der Waals surface area (Å²) >= 11 is 0. The molecule has 0 aromatic heterocycles. The van der Waals surface area contributed by atoms with E-state index in [0.717, 1.165) is 18.2 Å².